The number of hydrogen-bond donors (Lipinski definition) is 1. The summed E-state index contributed by atoms with van der Waals surface area (Å²) in [6.45, 7) is 5.73. The van der Waals surface area contributed by atoms with Gasteiger partial charge in [-0.05, 0) is 5.56 Å². The van der Waals surface area contributed by atoms with E-state index in [-0.39, 0.29) is 24.0 Å². The van der Waals surface area contributed by atoms with E-state index in [1.807, 2.05) is 24.7 Å². The van der Waals surface area contributed by atoms with Gasteiger partial charge in [-0.15, -0.1) is 35.3 Å². The quantitative estimate of drug-likeness (QED) is 0.317. The molecular weight excluding hydrogens is 495 g/mol. The lowest BCUT2D eigenvalue weighted by Gasteiger charge is -2.36. The van der Waals surface area contributed by atoms with Crippen molar-refractivity contribution in [1.82, 2.24) is 24.5 Å². The Morgan fingerprint density at radius 1 is 1.21 bits per heavy atom. The van der Waals surface area contributed by atoms with Crippen molar-refractivity contribution in [2.75, 3.05) is 39.8 Å². The van der Waals surface area contributed by atoms with Crippen molar-refractivity contribution in [2.45, 2.75) is 6.54 Å². The Kier molecular flexibility index (Phi) is 8.08. The minimum absolute atomic E-state index is 0. The lowest BCUT2D eigenvalue weighted by Crippen LogP contribution is -2.52. The highest BCUT2D eigenvalue weighted by Gasteiger charge is 2.18. The van der Waals surface area contributed by atoms with Crippen molar-refractivity contribution in [3.8, 4) is 0 Å². The second-order valence-electron chi connectivity index (χ2n) is 6.83. The van der Waals surface area contributed by atoms with E-state index in [9.17, 15) is 0 Å². The van der Waals surface area contributed by atoms with Crippen LogP contribution in [0.5, 0.6) is 0 Å². The minimum atomic E-state index is 0. The zero-order valence-electron chi connectivity index (χ0n) is 16.6. The van der Waals surface area contributed by atoms with Gasteiger partial charge in [0.1, 0.15) is 0 Å². The highest BCUT2D eigenvalue weighted by Crippen LogP contribution is 2.11. The zero-order chi connectivity index (χ0) is 19.2. The Bertz CT molecular complexity index is 912. The molecular formula is C21H27IN6S. The molecule has 0 saturated carbocycles. The van der Waals surface area contributed by atoms with Crippen LogP contribution in [0.1, 0.15) is 11.3 Å². The van der Waals surface area contributed by atoms with Crippen molar-refractivity contribution in [3.63, 3.8) is 0 Å². The first-order valence-corrected chi connectivity index (χ1v) is 10.5. The molecule has 0 aliphatic carbocycles. The number of imidazole rings is 1. The number of halogens is 1. The molecule has 4 rings (SSSR count). The lowest BCUT2D eigenvalue weighted by atomic mass is 10.2. The van der Waals surface area contributed by atoms with Gasteiger partial charge in [-0.25, -0.2) is 4.98 Å². The molecule has 2 aromatic heterocycles. The number of nitrogens with zero attached hydrogens (tertiary/aromatic N) is 5. The Balaban J connectivity index is 0.00000240. The summed E-state index contributed by atoms with van der Waals surface area (Å²) < 4.78 is 2.06. The van der Waals surface area contributed by atoms with Crippen LogP contribution in [0.25, 0.3) is 11.0 Å². The summed E-state index contributed by atoms with van der Waals surface area (Å²) in [6, 6.07) is 10.5. The van der Waals surface area contributed by atoms with Gasteiger partial charge in [-0.2, -0.15) is 0 Å². The molecule has 0 bridgehead atoms. The SMILES string of the molecule is CN=C(NCc1cn2ccsc2n1)N1CCN(C/C=C/c2ccccc2)CC1.I. The molecule has 8 heteroatoms. The molecule has 29 heavy (non-hydrogen) atoms. The Morgan fingerprint density at radius 2 is 2.00 bits per heavy atom. The normalized spacial score (nSPS) is 15.8. The number of aromatic nitrogens is 2. The van der Waals surface area contributed by atoms with E-state index in [2.05, 4.69) is 72.1 Å². The van der Waals surface area contributed by atoms with Crippen LogP contribution >= 0.6 is 35.3 Å². The third kappa shape index (κ3) is 5.80. The smallest absolute Gasteiger partial charge is 0.194 e. The molecule has 3 aromatic rings. The first kappa shape index (κ1) is 21.8. The van der Waals surface area contributed by atoms with Gasteiger partial charge >= 0.3 is 0 Å². The topological polar surface area (TPSA) is 48.2 Å². The first-order valence-electron chi connectivity index (χ1n) is 9.62. The zero-order valence-corrected chi connectivity index (χ0v) is 19.7. The largest absolute Gasteiger partial charge is 0.351 e. The molecule has 1 N–H and O–H groups in total. The molecule has 1 saturated heterocycles. The van der Waals surface area contributed by atoms with Gasteiger partial charge in [0.25, 0.3) is 0 Å². The van der Waals surface area contributed by atoms with E-state index in [1.165, 1.54) is 5.56 Å². The fourth-order valence-corrected chi connectivity index (χ4v) is 4.13. The van der Waals surface area contributed by atoms with Gasteiger partial charge in [-0.1, -0.05) is 42.5 Å². The molecule has 1 aromatic carbocycles. The molecule has 0 amide bonds. The average Bonchev–Trinajstić information content (AvgIpc) is 3.32. The maximum atomic E-state index is 4.62. The summed E-state index contributed by atoms with van der Waals surface area (Å²) in [5.74, 6) is 0.954. The molecule has 0 spiro atoms. The predicted molar refractivity (Wildman–Crippen MR) is 132 cm³/mol. The maximum absolute atomic E-state index is 4.62. The number of hydrogen-bond acceptors (Lipinski definition) is 4. The second-order valence-corrected chi connectivity index (χ2v) is 7.70. The number of fused-ring (bicyclic) bond motifs is 1. The van der Waals surface area contributed by atoms with Crippen LogP contribution in [0.3, 0.4) is 0 Å². The fraction of sp³-hybridized carbons (Fsp3) is 0.333. The Labute approximate surface area is 193 Å². The summed E-state index contributed by atoms with van der Waals surface area (Å²) in [4.78, 5) is 14.9. The lowest BCUT2D eigenvalue weighted by molar-refractivity contribution is 0.194. The van der Waals surface area contributed by atoms with Gasteiger partial charge in [-0.3, -0.25) is 14.3 Å². The van der Waals surface area contributed by atoms with E-state index >= 15 is 0 Å². The van der Waals surface area contributed by atoms with Crippen molar-refractivity contribution in [2.24, 2.45) is 4.99 Å². The van der Waals surface area contributed by atoms with Gasteiger partial charge in [0.2, 0.25) is 0 Å². The molecule has 0 unspecified atom stereocenters. The number of piperazine rings is 1. The van der Waals surface area contributed by atoms with Crippen molar-refractivity contribution >= 4 is 52.3 Å². The molecule has 1 aliphatic heterocycles. The van der Waals surface area contributed by atoms with Gasteiger partial charge in [0, 0.05) is 57.5 Å². The van der Waals surface area contributed by atoms with Crippen LogP contribution in [0.4, 0.5) is 0 Å². The van der Waals surface area contributed by atoms with Crippen LogP contribution in [0.2, 0.25) is 0 Å². The monoisotopic (exact) mass is 522 g/mol. The van der Waals surface area contributed by atoms with Crippen LogP contribution in [-0.2, 0) is 6.54 Å². The summed E-state index contributed by atoms with van der Waals surface area (Å²) in [5, 5.41) is 5.51. The molecule has 1 aliphatic rings. The Morgan fingerprint density at radius 3 is 2.72 bits per heavy atom. The standard InChI is InChI=1S/C21H26N6S.HI/c1-22-20(23-16-19-17-27-14-15-28-21(27)24-19)26-12-10-25(11-13-26)9-5-8-18-6-3-2-4-7-18;/h2-8,14-15,17H,9-13,16H2,1H3,(H,22,23);1H/b8-5+;. The van der Waals surface area contributed by atoms with E-state index in [4.69, 9.17) is 0 Å². The van der Waals surface area contributed by atoms with E-state index in [1.54, 1.807) is 11.3 Å². The third-order valence-corrected chi connectivity index (χ3v) is 5.70. The van der Waals surface area contributed by atoms with Gasteiger partial charge < -0.3 is 10.2 Å². The van der Waals surface area contributed by atoms with Crippen LogP contribution in [0, 0.1) is 0 Å². The van der Waals surface area contributed by atoms with E-state index < -0.39 is 0 Å². The summed E-state index contributed by atoms with van der Waals surface area (Å²) in [6.07, 6.45) is 8.56. The highest BCUT2D eigenvalue weighted by atomic mass is 127. The van der Waals surface area contributed by atoms with Crippen LogP contribution in [0.15, 0.2) is 59.2 Å². The number of nitrogens with one attached hydrogen (secondary N) is 1. The molecule has 6 nitrogen and oxygen atoms in total. The highest BCUT2D eigenvalue weighted by molar-refractivity contribution is 14.0. The summed E-state index contributed by atoms with van der Waals surface area (Å²) >= 11 is 1.65. The molecule has 0 radical (unpaired) electrons. The molecule has 1 fully saturated rings. The first-order chi connectivity index (χ1) is 13.8. The minimum Gasteiger partial charge on any atom is -0.351 e. The third-order valence-electron chi connectivity index (χ3n) is 4.93. The number of benzene rings is 1. The van der Waals surface area contributed by atoms with Crippen molar-refractivity contribution in [3.05, 3.63) is 65.4 Å². The van der Waals surface area contributed by atoms with E-state index in [0.29, 0.717) is 6.54 Å². The van der Waals surface area contributed by atoms with E-state index in [0.717, 1.165) is 49.3 Å². The summed E-state index contributed by atoms with van der Waals surface area (Å²) in [7, 11) is 1.85. The molecule has 3 heterocycles. The average molecular weight is 522 g/mol. The molecule has 154 valence electrons. The van der Waals surface area contributed by atoms with Crippen LogP contribution < -0.4 is 5.32 Å². The fourth-order valence-electron chi connectivity index (χ4n) is 3.41. The number of aliphatic imine (C=N–C) groups is 1. The number of guanidine groups is 1. The van der Waals surface area contributed by atoms with Gasteiger partial charge in [0.05, 0.1) is 12.2 Å². The number of rotatable bonds is 5. The number of thiazole rings is 1. The van der Waals surface area contributed by atoms with Crippen LogP contribution in [-0.4, -0.2) is 64.9 Å². The molecule has 0 atom stereocenters. The summed E-state index contributed by atoms with van der Waals surface area (Å²) in [5.41, 5.74) is 2.29. The van der Waals surface area contributed by atoms with Crippen molar-refractivity contribution in [1.29, 1.82) is 0 Å². The van der Waals surface area contributed by atoms with Gasteiger partial charge in [0.15, 0.2) is 10.9 Å². The predicted octanol–water partition coefficient (Wildman–Crippen LogP) is 3.42. The second kappa shape index (κ2) is 10.7. The Hall–Kier alpha value is -1.91. The van der Waals surface area contributed by atoms with Crippen molar-refractivity contribution < 1.29 is 0 Å². The maximum Gasteiger partial charge on any atom is 0.194 e.